The third-order valence-electron chi connectivity index (χ3n) is 4.24. The Labute approximate surface area is 139 Å². The number of carbonyl (C=O) groups excluding carboxylic acids is 1. The van der Waals surface area contributed by atoms with Gasteiger partial charge in [-0.2, -0.15) is 0 Å². The van der Waals surface area contributed by atoms with Gasteiger partial charge in [0.05, 0.1) is 11.0 Å². The maximum Gasteiger partial charge on any atom is 0.261 e. The molecule has 1 heterocycles. The zero-order chi connectivity index (χ0) is 16.1. The van der Waals surface area contributed by atoms with Crippen LogP contribution in [-0.4, -0.2) is 25.2 Å². The number of halogens is 1. The third kappa shape index (κ3) is 4.30. The van der Waals surface area contributed by atoms with Crippen molar-refractivity contribution in [3.05, 3.63) is 35.0 Å². The highest BCUT2D eigenvalue weighted by Gasteiger charge is 2.14. The lowest BCUT2D eigenvalue weighted by atomic mass is 9.98. The lowest BCUT2D eigenvalue weighted by molar-refractivity contribution is 0.0273. The number of nitrogens with one attached hydrogen (secondary N) is 1. The molecule has 1 saturated carbocycles. The second-order valence-corrected chi connectivity index (χ2v) is 7.09. The Hall–Kier alpha value is -1.46. The molecule has 0 spiro atoms. The molecule has 3 rings (SSSR count). The van der Waals surface area contributed by atoms with E-state index >= 15 is 0 Å². The first-order valence-electron chi connectivity index (χ1n) is 8.32. The molecule has 5 heteroatoms. The highest BCUT2D eigenvalue weighted by molar-refractivity contribution is 7.20. The van der Waals surface area contributed by atoms with Crippen molar-refractivity contribution in [2.45, 2.75) is 44.6 Å². The van der Waals surface area contributed by atoms with Crippen LogP contribution in [0.5, 0.6) is 0 Å². The summed E-state index contributed by atoms with van der Waals surface area (Å²) in [6.07, 6.45) is 7.41. The molecule has 1 aromatic heterocycles. The van der Waals surface area contributed by atoms with Crippen LogP contribution in [0.1, 0.15) is 48.2 Å². The summed E-state index contributed by atoms with van der Waals surface area (Å²) in [5, 5.41) is 3.40. The van der Waals surface area contributed by atoms with Crippen molar-refractivity contribution in [2.24, 2.45) is 0 Å². The van der Waals surface area contributed by atoms with Gasteiger partial charge in [0.25, 0.3) is 5.91 Å². The lowest BCUT2D eigenvalue weighted by Gasteiger charge is -2.21. The van der Waals surface area contributed by atoms with Gasteiger partial charge in [-0.1, -0.05) is 25.3 Å². The Morgan fingerprint density at radius 3 is 2.91 bits per heavy atom. The summed E-state index contributed by atoms with van der Waals surface area (Å²) in [4.78, 5) is 12.7. The van der Waals surface area contributed by atoms with E-state index in [0.717, 1.165) is 11.1 Å². The standard InChI is InChI=1S/C18H22FNO2S/c19-15-8-4-9-16-14(15)12-17(23-16)18(21)20-10-5-11-22-13-6-2-1-3-7-13/h4,8-9,12-13H,1-3,5-7,10-11H2,(H,20,21). The molecule has 0 bridgehead atoms. The molecule has 23 heavy (non-hydrogen) atoms. The second kappa shape index (κ2) is 7.88. The Kier molecular flexibility index (Phi) is 5.62. The molecular formula is C18H22FNO2S. The maximum atomic E-state index is 13.7. The summed E-state index contributed by atoms with van der Waals surface area (Å²) in [5.74, 6) is -0.415. The fourth-order valence-electron chi connectivity index (χ4n) is 2.98. The zero-order valence-corrected chi connectivity index (χ0v) is 14.0. The molecule has 1 aliphatic rings. The number of rotatable bonds is 6. The molecule has 0 unspecified atom stereocenters. The van der Waals surface area contributed by atoms with Crippen molar-refractivity contribution in [3.63, 3.8) is 0 Å². The van der Waals surface area contributed by atoms with Crippen molar-refractivity contribution in [3.8, 4) is 0 Å². The van der Waals surface area contributed by atoms with Crippen LogP contribution in [0.25, 0.3) is 10.1 Å². The van der Waals surface area contributed by atoms with Crippen LogP contribution in [0.3, 0.4) is 0 Å². The number of hydrogen-bond acceptors (Lipinski definition) is 3. The fraction of sp³-hybridized carbons (Fsp3) is 0.500. The smallest absolute Gasteiger partial charge is 0.261 e. The predicted octanol–water partition coefficient (Wildman–Crippen LogP) is 4.51. The number of carbonyl (C=O) groups is 1. The normalized spacial score (nSPS) is 15.9. The topological polar surface area (TPSA) is 38.3 Å². The van der Waals surface area contributed by atoms with Gasteiger partial charge in [0.2, 0.25) is 0 Å². The monoisotopic (exact) mass is 335 g/mol. The van der Waals surface area contributed by atoms with E-state index in [2.05, 4.69) is 5.32 Å². The molecule has 124 valence electrons. The average Bonchev–Trinajstić information content (AvgIpc) is 3.01. The van der Waals surface area contributed by atoms with Crippen LogP contribution in [0, 0.1) is 5.82 Å². The maximum absolute atomic E-state index is 13.7. The van der Waals surface area contributed by atoms with Crippen molar-refractivity contribution < 1.29 is 13.9 Å². The SMILES string of the molecule is O=C(NCCCOC1CCCCC1)c1cc2c(F)cccc2s1. The number of benzene rings is 1. The van der Waals surface area contributed by atoms with Crippen LogP contribution < -0.4 is 5.32 Å². The van der Waals surface area contributed by atoms with Crippen LogP contribution in [-0.2, 0) is 4.74 Å². The number of fused-ring (bicyclic) bond motifs is 1. The van der Waals surface area contributed by atoms with E-state index in [1.165, 1.54) is 49.5 Å². The van der Waals surface area contributed by atoms with Crippen molar-refractivity contribution in [1.82, 2.24) is 5.32 Å². The Morgan fingerprint density at radius 1 is 1.30 bits per heavy atom. The summed E-state index contributed by atoms with van der Waals surface area (Å²) >= 11 is 1.32. The Balaban J connectivity index is 1.42. The molecule has 0 atom stereocenters. The third-order valence-corrected chi connectivity index (χ3v) is 5.34. The van der Waals surface area contributed by atoms with Crippen molar-refractivity contribution in [2.75, 3.05) is 13.2 Å². The molecule has 3 nitrogen and oxygen atoms in total. The molecule has 1 aromatic carbocycles. The van der Waals surface area contributed by atoms with E-state index in [1.807, 2.05) is 6.07 Å². The van der Waals surface area contributed by atoms with Crippen LogP contribution in [0.2, 0.25) is 0 Å². The molecular weight excluding hydrogens is 313 g/mol. The van der Waals surface area contributed by atoms with Gasteiger partial charge < -0.3 is 10.1 Å². The van der Waals surface area contributed by atoms with Gasteiger partial charge in [0.1, 0.15) is 5.82 Å². The highest BCUT2D eigenvalue weighted by atomic mass is 32.1. The predicted molar refractivity (Wildman–Crippen MR) is 91.6 cm³/mol. The number of thiophene rings is 1. The molecule has 1 fully saturated rings. The Bertz CT molecular complexity index is 664. The van der Waals surface area contributed by atoms with Crippen molar-refractivity contribution in [1.29, 1.82) is 0 Å². The summed E-state index contributed by atoms with van der Waals surface area (Å²) in [7, 11) is 0. The van der Waals surface area contributed by atoms with E-state index in [-0.39, 0.29) is 11.7 Å². The van der Waals surface area contributed by atoms with Gasteiger partial charge in [-0.25, -0.2) is 4.39 Å². The van der Waals surface area contributed by atoms with Crippen LogP contribution in [0.4, 0.5) is 4.39 Å². The van der Waals surface area contributed by atoms with E-state index in [0.29, 0.717) is 29.5 Å². The zero-order valence-electron chi connectivity index (χ0n) is 13.1. The summed E-state index contributed by atoms with van der Waals surface area (Å²) in [6.45, 7) is 1.27. The minimum Gasteiger partial charge on any atom is -0.378 e. The van der Waals surface area contributed by atoms with Gasteiger partial charge in [0, 0.05) is 23.2 Å². The van der Waals surface area contributed by atoms with Crippen molar-refractivity contribution >= 4 is 27.3 Å². The van der Waals surface area contributed by atoms with Gasteiger partial charge in [0.15, 0.2) is 0 Å². The molecule has 1 amide bonds. The quantitative estimate of drug-likeness (QED) is 0.789. The first kappa shape index (κ1) is 16.4. The van der Waals surface area contributed by atoms with E-state index in [9.17, 15) is 9.18 Å². The summed E-state index contributed by atoms with van der Waals surface area (Å²) in [5.41, 5.74) is 0. The largest absolute Gasteiger partial charge is 0.378 e. The van der Waals surface area contributed by atoms with Gasteiger partial charge in [-0.15, -0.1) is 11.3 Å². The van der Waals surface area contributed by atoms with Gasteiger partial charge in [-0.05, 0) is 37.5 Å². The van der Waals surface area contributed by atoms with Crippen LogP contribution >= 0.6 is 11.3 Å². The number of amides is 1. The van der Waals surface area contributed by atoms with E-state index < -0.39 is 0 Å². The second-order valence-electron chi connectivity index (χ2n) is 6.00. The van der Waals surface area contributed by atoms with E-state index in [1.54, 1.807) is 12.1 Å². The molecule has 0 saturated heterocycles. The molecule has 1 N–H and O–H groups in total. The first-order chi connectivity index (χ1) is 11.2. The van der Waals surface area contributed by atoms with Crippen LogP contribution in [0.15, 0.2) is 24.3 Å². The lowest BCUT2D eigenvalue weighted by Crippen LogP contribution is -2.25. The average molecular weight is 335 g/mol. The number of hydrogen-bond donors (Lipinski definition) is 1. The summed E-state index contributed by atoms with van der Waals surface area (Å²) < 4.78 is 20.3. The molecule has 1 aliphatic carbocycles. The highest BCUT2D eigenvalue weighted by Crippen LogP contribution is 2.27. The van der Waals surface area contributed by atoms with Gasteiger partial charge in [-0.3, -0.25) is 4.79 Å². The number of ether oxygens (including phenoxy) is 1. The Morgan fingerprint density at radius 2 is 2.13 bits per heavy atom. The minimum atomic E-state index is -0.279. The first-order valence-corrected chi connectivity index (χ1v) is 9.13. The molecule has 0 aliphatic heterocycles. The molecule has 0 radical (unpaired) electrons. The fourth-order valence-corrected chi connectivity index (χ4v) is 3.97. The minimum absolute atomic E-state index is 0.136. The summed E-state index contributed by atoms with van der Waals surface area (Å²) in [6, 6.07) is 6.54. The van der Waals surface area contributed by atoms with E-state index in [4.69, 9.17) is 4.74 Å². The van der Waals surface area contributed by atoms with Gasteiger partial charge >= 0.3 is 0 Å². The molecule has 2 aromatic rings.